The minimum absolute atomic E-state index is 0.419. The Morgan fingerprint density at radius 2 is 2.00 bits per heavy atom. The van der Waals surface area contributed by atoms with Gasteiger partial charge in [-0.2, -0.15) is 11.8 Å². The van der Waals surface area contributed by atoms with E-state index in [2.05, 4.69) is 10.6 Å². The van der Waals surface area contributed by atoms with E-state index in [0.717, 1.165) is 12.0 Å². The first-order chi connectivity index (χ1) is 9.63. The number of hydrogen-bond donors (Lipinski definition) is 3. The number of urea groups is 1. The van der Waals surface area contributed by atoms with Gasteiger partial charge in [0.05, 0.1) is 0 Å². The van der Waals surface area contributed by atoms with E-state index in [-0.39, 0.29) is 0 Å². The fourth-order valence-corrected chi connectivity index (χ4v) is 2.14. The number of aliphatic carboxylic acids is 1. The summed E-state index contributed by atoms with van der Waals surface area (Å²) in [7, 11) is 0. The summed E-state index contributed by atoms with van der Waals surface area (Å²) < 4.78 is 0. The van der Waals surface area contributed by atoms with Gasteiger partial charge in [-0.15, -0.1) is 0 Å². The van der Waals surface area contributed by atoms with Crippen molar-refractivity contribution in [3.05, 3.63) is 35.9 Å². The Morgan fingerprint density at radius 3 is 2.60 bits per heavy atom. The van der Waals surface area contributed by atoms with Crippen LogP contribution in [0.4, 0.5) is 4.79 Å². The van der Waals surface area contributed by atoms with Crippen LogP contribution in [0.2, 0.25) is 0 Å². The van der Waals surface area contributed by atoms with Crippen LogP contribution in [0.15, 0.2) is 30.3 Å². The Hall–Kier alpha value is -1.69. The molecule has 20 heavy (non-hydrogen) atoms. The second-order valence-electron chi connectivity index (χ2n) is 4.31. The number of carbonyl (C=O) groups is 2. The van der Waals surface area contributed by atoms with Gasteiger partial charge in [0.15, 0.2) is 0 Å². The largest absolute Gasteiger partial charge is 0.480 e. The molecule has 1 atom stereocenters. The second-order valence-corrected chi connectivity index (χ2v) is 5.29. The maximum Gasteiger partial charge on any atom is 0.326 e. The maximum atomic E-state index is 11.6. The fourth-order valence-electron chi connectivity index (χ4n) is 1.67. The third-order valence-corrected chi connectivity index (χ3v) is 3.40. The van der Waals surface area contributed by atoms with Crippen molar-refractivity contribution in [3.63, 3.8) is 0 Å². The zero-order valence-electron chi connectivity index (χ0n) is 11.5. The van der Waals surface area contributed by atoms with Crippen LogP contribution in [0, 0.1) is 0 Å². The zero-order chi connectivity index (χ0) is 14.8. The van der Waals surface area contributed by atoms with E-state index < -0.39 is 18.0 Å². The topological polar surface area (TPSA) is 78.4 Å². The van der Waals surface area contributed by atoms with E-state index in [4.69, 9.17) is 5.11 Å². The molecule has 0 bridgehead atoms. The van der Waals surface area contributed by atoms with Crippen molar-refractivity contribution in [2.24, 2.45) is 0 Å². The van der Waals surface area contributed by atoms with Crippen molar-refractivity contribution in [2.45, 2.75) is 18.9 Å². The summed E-state index contributed by atoms with van der Waals surface area (Å²) in [4.78, 5) is 22.6. The summed E-state index contributed by atoms with van der Waals surface area (Å²) in [5.74, 6) is -0.307. The highest BCUT2D eigenvalue weighted by Gasteiger charge is 2.18. The first kappa shape index (κ1) is 16.4. The molecule has 1 aromatic carbocycles. The number of carboxylic acids is 1. The molecule has 3 N–H and O–H groups in total. The van der Waals surface area contributed by atoms with Gasteiger partial charge in [-0.05, 0) is 30.4 Å². The molecular weight excluding hydrogens is 276 g/mol. The van der Waals surface area contributed by atoms with E-state index in [1.165, 1.54) is 0 Å². The zero-order valence-corrected chi connectivity index (χ0v) is 12.3. The van der Waals surface area contributed by atoms with Crippen LogP contribution in [0.1, 0.15) is 12.0 Å². The Kier molecular flexibility index (Phi) is 7.57. The fraction of sp³-hybridized carbons (Fsp3) is 0.429. The predicted octanol–water partition coefficient (Wildman–Crippen LogP) is 1.73. The van der Waals surface area contributed by atoms with Crippen molar-refractivity contribution >= 4 is 23.8 Å². The monoisotopic (exact) mass is 296 g/mol. The van der Waals surface area contributed by atoms with E-state index in [9.17, 15) is 9.59 Å². The predicted molar refractivity (Wildman–Crippen MR) is 81.1 cm³/mol. The van der Waals surface area contributed by atoms with Crippen LogP contribution in [0.5, 0.6) is 0 Å². The lowest BCUT2D eigenvalue weighted by Gasteiger charge is -2.14. The SMILES string of the molecule is CSCC[C@@H](NC(=O)NCCc1ccccc1)C(=O)O. The van der Waals surface area contributed by atoms with Gasteiger partial charge in [0.2, 0.25) is 0 Å². The number of rotatable bonds is 8. The molecule has 0 aliphatic heterocycles. The van der Waals surface area contributed by atoms with E-state index in [1.807, 2.05) is 36.6 Å². The number of thioether (sulfide) groups is 1. The number of hydrogen-bond acceptors (Lipinski definition) is 3. The van der Waals surface area contributed by atoms with Crippen molar-refractivity contribution in [1.29, 1.82) is 0 Å². The quantitative estimate of drug-likeness (QED) is 0.683. The first-order valence-corrected chi connectivity index (χ1v) is 7.83. The van der Waals surface area contributed by atoms with E-state index in [0.29, 0.717) is 18.7 Å². The van der Waals surface area contributed by atoms with Crippen LogP contribution >= 0.6 is 11.8 Å². The average molecular weight is 296 g/mol. The molecule has 0 fully saturated rings. The van der Waals surface area contributed by atoms with Gasteiger partial charge < -0.3 is 15.7 Å². The first-order valence-electron chi connectivity index (χ1n) is 6.43. The lowest BCUT2D eigenvalue weighted by atomic mass is 10.1. The number of carboxylic acid groups (broad SMARTS) is 1. The molecule has 0 unspecified atom stereocenters. The molecule has 5 nitrogen and oxygen atoms in total. The molecule has 1 rings (SSSR count). The van der Waals surface area contributed by atoms with Crippen molar-refractivity contribution in [1.82, 2.24) is 10.6 Å². The minimum atomic E-state index is -1.00. The van der Waals surface area contributed by atoms with E-state index >= 15 is 0 Å². The lowest BCUT2D eigenvalue weighted by molar-refractivity contribution is -0.139. The van der Waals surface area contributed by atoms with Gasteiger partial charge in [-0.25, -0.2) is 9.59 Å². The highest BCUT2D eigenvalue weighted by atomic mass is 32.2. The molecule has 0 aliphatic carbocycles. The minimum Gasteiger partial charge on any atom is -0.480 e. The highest BCUT2D eigenvalue weighted by Crippen LogP contribution is 2.01. The number of carbonyl (C=O) groups excluding carboxylic acids is 1. The summed E-state index contributed by atoms with van der Waals surface area (Å²) in [6.07, 6.45) is 3.04. The molecule has 0 saturated heterocycles. The number of nitrogens with one attached hydrogen (secondary N) is 2. The highest BCUT2D eigenvalue weighted by molar-refractivity contribution is 7.98. The average Bonchev–Trinajstić information content (AvgIpc) is 2.44. The van der Waals surface area contributed by atoms with Gasteiger partial charge in [0.1, 0.15) is 6.04 Å². The molecule has 0 heterocycles. The molecule has 6 heteroatoms. The van der Waals surface area contributed by atoms with Crippen LogP contribution < -0.4 is 10.6 Å². The molecule has 2 amide bonds. The normalized spacial score (nSPS) is 11.7. The Morgan fingerprint density at radius 1 is 1.30 bits per heavy atom. The molecule has 0 aliphatic rings. The standard InChI is InChI=1S/C14H20N2O3S/c1-20-10-8-12(13(17)18)16-14(19)15-9-7-11-5-3-2-4-6-11/h2-6,12H,7-10H2,1H3,(H,17,18)(H2,15,16,19)/t12-/m1/s1. The molecular formula is C14H20N2O3S. The van der Waals surface area contributed by atoms with Gasteiger partial charge in [-0.3, -0.25) is 0 Å². The van der Waals surface area contributed by atoms with Gasteiger partial charge in [-0.1, -0.05) is 30.3 Å². The van der Waals surface area contributed by atoms with Crippen molar-refractivity contribution < 1.29 is 14.7 Å². The van der Waals surface area contributed by atoms with Gasteiger partial charge in [0, 0.05) is 6.54 Å². The summed E-state index contributed by atoms with van der Waals surface area (Å²) in [6.45, 7) is 0.477. The van der Waals surface area contributed by atoms with Gasteiger partial charge >= 0.3 is 12.0 Å². The second kappa shape index (κ2) is 9.25. The molecule has 1 aromatic rings. The Bertz CT molecular complexity index is 426. The number of benzene rings is 1. The third kappa shape index (κ3) is 6.47. The molecule has 0 aromatic heterocycles. The Balaban J connectivity index is 2.29. The van der Waals surface area contributed by atoms with Crippen molar-refractivity contribution in [2.75, 3.05) is 18.6 Å². The molecule has 0 spiro atoms. The Labute approximate surface area is 123 Å². The van der Waals surface area contributed by atoms with Crippen LogP contribution in [0.3, 0.4) is 0 Å². The van der Waals surface area contributed by atoms with Crippen LogP contribution in [-0.2, 0) is 11.2 Å². The van der Waals surface area contributed by atoms with Crippen LogP contribution in [0.25, 0.3) is 0 Å². The maximum absolute atomic E-state index is 11.6. The lowest BCUT2D eigenvalue weighted by Crippen LogP contribution is -2.46. The number of amides is 2. The summed E-state index contributed by atoms with van der Waals surface area (Å²) >= 11 is 1.55. The van der Waals surface area contributed by atoms with E-state index in [1.54, 1.807) is 11.8 Å². The molecule has 0 saturated carbocycles. The summed E-state index contributed by atoms with van der Waals surface area (Å²) in [5, 5.41) is 14.1. The summed E-state index contributed by atoms with van der Waals surface area (Å²) in [5.41, 5.74) is 1.13. The van der Waals surface area contributed by atoms with Crippen LogP contribution in [-0.4, -0.2) is 41.7 Å². The molecule has 110 valence electrons. The summed E-state index contributed by atoms with van der Waals surface area (Å²) in [6, 6.07) is 8.52. The third-order valence-electron chi connectivity index (χ3n) is 2.76. The van der Waals surface area contributed by atoms with Crippen molar-refractivity contribution in [3.8, 4) is 0 Å². The van der Waals surface area contributed by atoms with Gasteiger partial charge in [0.25, 0.3) is 0 Å². The smallest absolute Gasteiger partial charge is 0.326 e. The molecule has 0 radical (unpaired) electrons.